The second-order valence-corrected chi connectivity index (χ2v) is 5.21. The van der Waals surface area contributed by atoms with Gasteiger partial charge in [0.05, 0.1) is 4.90 Å². The van der Waals surface area contributed by atoms with Gasteiger partial charge in [-0.05, 0) is 35.2 Å². The molecule has 0 atom stereocenters. The molecule has 7 nitrogen and oxygen atoms in total. The van der Waals surface area contributed by atoms with Crippen LogP contribution in [0.2, 0.25) is 0 Å². The van der Waals surface area contributed by atoms with E-state index < -0.39 is 10.1 Å². The van der Waals surface area contributed by atoms with E-state index in [1.54, 1.807) is 6.07 Å². The van der Waals surface area contributed by atoms with Crippen molar-refractivity contribution in [2.45, 2.75) is 14.9 Å². The molecule has 2 rings (SSSR count). The maximum absolute atomic E-state index is 10.9. The fourth-order valence-electron chi connectivity index (χ4n) is 0.999. The van der Waals surface area contributed by atoms with Crippen molar-refractivity contribution in [1.29, 1.82) is 0 Å². The third kappa shape index (κ3) is 2.56. The molecule has 1 aromatic carbocycles. The Balaban J connectivity index is 2.30. The molecule has 0 saturated heterocycles. The first-order chi connectivity index (χ1) is 7.55. The lowest BCUT2D eigenvalue weighted by Crippen LogP contribution is -1.97. The van der Waals surface area contributed by atoms with Crippen molar-refractivity contribution in [3.63, 3.8) is 0 Å². The highest BCUT2D eigenvalue weighted by molar-refractivity contribution is 7.99. The van der Waals surface area contributed by atoms with E-state index in [1.165, 1.54) is 18.2 Å². The predicted molar refractivity (Wildman–Crippen MR) is 54.6 cm³/mol. The van der Waals surface area contributed by atoms with Crippen LogP contribution in [0.5, 0.6) is 0 Å². The van der Waals surface area contributed by atoms with Crippen molar-refractivity contribution >= 4 is 21.9 Å². The molecule has 1 aromatic heterocycles. The van der Waals surface area contributed by atoms with Crippen molar-refractivity contribution in [3.8, 4) is 0 Å². The number of aromatic amines is 1. The van der Waals surface area contributed by atoms with Crippen LogP contribution in [-0.2, 0) is 10.1 Å². The van der Waals surface area contributed by atoms with Crippen LogP contribution in [0.15, 0.2) is 39.2 Å². The van der Waals surface area contributed by atoms with Gasteiger partial charge in [-0.3, -0.25) is 4.55 Å². The normalized spacial score (nSPS) is 11.6. The molecule has 0 aliphatic heterocycles. The number of nitrogens with zero attached hydrogens (tertiary/aromatic N) is 3. The largest absolute Gasteiger partial charge is 0.294 e. The first-order valence-electron chi connectivity index (χ1n) is 4.04. The number of nitrogens with one attached hydrogen (secondary N) is 1. The molecule has 0 aliphatic carbocycles. The molecule has 2 aromatic rings. The number of hydrogen-bond acceptors (Lipinski definition) is 6. The molecule has 0 amide bonds. The summed E-state index contributed by atoms with van der Waals surface area (Å²) in [5, 5.41) is 13.4. The zero-order chi connectivity index (χ0) is 11.6. The van der Waals surface area contributed by atoms with Gasteiger partial charge in [-0.1, -0.05) is 6.07 Å². The molecule has 0 unspecified atom stereocenters. The number of hydrogen-bond donors (Lipinski definition) is 2. The summed E-state index contributed by atoms with van der Waals surface area (Å²) >= 11 is 1.13. The average Bonchev–Trinajstić information content (AvgIpc) is 2.70. The number of tetrazole rings is 1. The first kappa shape index (κ1) is 11.0. The summed E-state index contributed by atoms with van der Waals surface area (Å²) in [5.41, 5.74) is 0. The van der Waals surface area contributed by atoms with Crippen LogP contribution in [0.25, 0.3) is 0 Å². The third-order valence-electron chi connectivity index (χ3n) is 1.64. The summed E-state index contributed by atoms with van der Waals surface area (Å²) in [6.45, 7) is 0. The molecule has 0 saturated carbocycles. The molecular weight excluding hydrogens is 252 g/mol. The third-order valence-corrected chi connectivity index (χ3v) is 3.33. The molecule has 84 valence electrons. The van der Waals surface area contributed by atoms with E-state index in [-0.39, 0.29) is 4.90 Å². The lowest BCUT2D eigenvalue weighted by Gasteiger charge is -1.99. The summed E-state index contributed by atoms with van der Waals surface area (Å²) < 4.78 is 30.6. The van der Waals surface area contributed by atoms with E-state index in [1.807, 2.05) is 0 Å². The number of rotatable bonds is 3. The molecule has 0 spiro atoms. The quantitative estimate of drug-likeness (QED) is 0.776. The van der Waals surface area contributed by atoms with E-state index in [9.17, 15) is 8.42 Å². The topological polar surface area (TPSA) is 109 Å². The van der Waals surface area contributed by atoms with Gasteiger partial charge >= 0.3 is 0 Å². The minimum absolute atomic E-state index is 0.166. The Morgan fingerprint density at radius 1 is 1.38 bits per heavy atom. The smallest absolute Gasteiger partial charge is 0.282 e. The van der Waals surface area contributed by atoms with E-state index in [0.29, 0.717) is 10.1 Å². The minimum Gasteiger partial charge on any atom is -0.282 e. The van der Waals surface area contributed by atoms with Crippen molar-refractivity contribution in [2.75, 3.05) is 0 Å². The van der Waals surface area contributed by atoms with E-state index >= 15 is 0 Å². The Morgan fingerprint density at radius 3 is 2.81 bits per heavy atom. The number of aromatic nitrogens is 4. The zero-order valence-electron chi connectivity index (χ0n) is 7.73. The van der Waals surface area contributed by atoms with Gasteiger partial charge in [0, 0.05) is 4.90 Å². The molecule has 0 fully saturated rings. The summed E-state index contributed by atoms with van der Waals surface area (Å²) in [6, 6.07) is 5.83. The Labute approximate surface area is 95.0 Å². The van der Waals surface area contributed by atoms with Crippen molar-refractivity contribution in [2.24, 2.45) is 0 Å². The van der Waals surface area contributed by atoms with Crippen molar-refractivity contribution in [1.82, 2.24) is 20.6 Å². The van der Waals surface area contributed by atoms with E-state index in [0.717, 1.165) is 11.8 Å². The lowest BCUT2D eigenvalue weighted by atomic mass is 10.4. The van der Waals surface area contributed by atoms with Crippen LogP contribution in [0.1, 0.15) is 0 Å². The van der Waals surface area contributed by atoms with E-state index in [4.69, 9.17) is 4.55 Å². The fraction of sp³-hybridized carbons (Fsp3) is 0. The SMILES string of the molecule is O=S(=O)(O)c1cccc(Sc2nn[nH]n2)c1. The molecule has 9 heteroatoms. The summed E-state index contributed by atoms with van der Waals surface area (Å²) in [6.07, 6.45) is 0. The molecule has 0 bridgehead atoms. The number of H-pyrrole nitrogens is 1. The Kier molecular flexibility index (Phi) is 2.90. The van der Waals surface area contributed by atoms with Gasteiger partial charge in [0.1, 0.15) is 0 Å². The van der Waals surface area contributed by atoms with Crippen LogP contribution in [0.4, 0.5) is 0 Å². The van der Waals surface area contributed by atoms with Gasteiger partial charge in [-0.15, -0.1) is 10.2 Å². The Morgan fingerprint density at radius 2 is 2.19 bits per heavy atom. The highest BCUT2D eigenvalue weighted by Crippen LogP contribution is 2.25. The average molecular weight is 258 g/mol. The molecule has 1 heterocycles. The fourth-order valence-corrected chi connectivity index (χ4v) is 2.31. The maximum Gasteiger partial charge on any atom is 0.294 e. The molecule has 0 aliphatic rings. The molecule has 2 N–H and O–H groups in total. The van der Waals surface area contributed by atoms with Gasteiger partial charge in [0.15, 0.2) is 0 Å². The highest BCUT2D eigenvalue weighted by Gasteiger charge is 2.10. The molecular formula is C7H6N4O3S2. The lowest BCUT2D eigenvalue weighted by molar-refractivity contribution is 0.483. The highest BCUT2D eigenvalue weighted by atomic mass is 32.2. The summed E-state index contributed by atoms with van der Waals surface area (Å²) in [7, 11) is -4.18. The van der Waals surface area contributed by atoms with Crippen molar-refractivity contribution < 1.29 is 13.0 Å². The van der Waals surface area contributed by atoms with Gasteiger partial charge < -0.3 is 0 Å². The van der Waals surface area contributed by atoms with E-state index in [2.05, 4.69) is 20.6 Å². The van der Waals surface area contributed by atoms with Crippen LogP contribution in [0, 0.1) is 0 Å². The van der Waals surface area contributed by atoms with Gasteiger partial charge in [0.25, 0.3) is 10.1 Å². The molecule has 0 radical (unpaired) electrons. The number of benzene rings is 1. The second kappa shape index (κ2) is 4.20. The molecule has 16 heavy (non-hydrogen) atoms. The minimum atomic E-state index is -4.18. The van der Waals surface area contributed by atoms with Crippen LogP contribution < -0.4 is 0 Å². The van der Waals surface area contributed by atoms with Gasteiger partial charge in [-0.2, -0.15) is 13.6 Å². The summed E-state index contributed by atoms with van der Waals surface area (Å²) in [5.74, 6) is 0. The van der Waals surface area contributed by atoms with Gasteiger partial charge in [0.2, 0.25) is 5.16 Å². The Bertz CT molecular complexity index is 581. The first-order valence-corrected chi connectivity index (χ1v) is 6.30. The van der Waals surface area contributed by atoms with Crippen LogP contribution in [0.3, 0.4) is 0 Å². The summed E-state index contributed by atoms with van der Waals surface area (Å²) in [4.78, 5) is 0.428. The van der Waals surface area contributed by atoms with Crippen molar-refractivity contribution in [3.05, 3.63) is 24.3 Å². The standard InChI is InChI=1S/C7H6N4O3S2/c12-16(13,14)6-3-1-2-5(4-6)15-7-8-10-11-9-7/h1-4H,(H,12,13,14)(H,8,9,10,11). The van der Waals surface area contributed by atoms with Crippen LogP contribution in [-0.4, -0.2) is 33.6 Å². The van der Waals surface area contributed by atoms with Gasteiger partial charge in [-0.25, -0.2) is 0 Å². The monoisotopic (exact) mass is 258 g/mol. The Hall–Kier alpha value is -1.45. The zero-order valence-corrected chi connectivity index (χ0v) is 9.36. The second-order valence-electron chi connectivity index (χ2n) is 2.75. The predicted octanol–water partition coefficient (Wildman–Crippen LogP) is 0.598. The van der Waals surface area contributed by atoms with Crippen LogP contribution >= 0.6 is 11.8 Å². The maximum atomic E-state index is 10.9.